The molecule has 0 unspecified atom stereocenters. The van der Waals surface area contributed by atoms with Crippen molar-refractivity contribution in [2.24, 2.45) is 0 Å². The molecule has 100 valence electrons. The molecule has 0 bridgehead atoms. The summed E-state index contributed by atoms with van der Waals surface area (Å²) in [6, 6.07) is 12.9. The van der Waals surface area contributed by atoms with Crippen LogP contribution >= 0.6 is 43.2 Å². The maximum Gasteiger partial charge on any atom is 0.133 e. The second-order valence-corrected chi connectivity index (χ2v) is 6.77. The Morgan fingerprint density at radius 2 is 1.80 bits per heavy atom. The third kappa shape index (κ3) is 2.71. The number of rotatable bonds is 2. The van der Waals surface area contributed by atoms with Crippen LogP contribution in [0.1, 0.15) is 0 Å². The van der Waals surface area contributed by atoms with E-state index in [1.807, 2.05) is 35.7 Å². The SMILES string of the molecule is Fc1cc(Br)ccc1-c1csc(-c2ccccc2Br)n1. The lowest BCUT2D eigenvalue weighted by Gasteiger charge is -2.01. The van der Waals surface area contributed by atoms with Crippen molar-refractivity contribution in [2.75, 3.05) is 0 Å². The summed E-state index contributed by atoms with van der Waals surface area (Å²) in [6.45, 7) is 0. The minimum atomic E-state index is -0.275. The molecule has 0 N–H and O–H groups in total. The van der Waals surface area contributed by atoms with Crippen LogP contribution < -0.4 is 0 Å². The minimum Gasteiger partial charge on any atom is -0.236 e. The predicted octanol–water partition coefficient (Wildman–Crippen LogP) is 6.14. The summed E-state index contributed by atoms with van der Waals surface area (Å²) in [7, 11) is 0. The van der Waals surface area contributed by atoms with Crippen LogP contribution in [0.25, 0.3) is 21.8 Å². The Balaban J connectivity index is 2.04. The van der Waals surface area contributed by atoms with Gasteiger partial charge in [-0.25, -0.2) is 9.37 Å². The Bertz CT molecular complexity index is 770. The van der Waals surface area contributed by atoms with E-state index in [9.17, 15) is 4.39 Å². The van der Waals surface area contributed by atoms with E-state index in [4.69, 9.17) is 0 Å². The predicted molar refractivity (Wildman–Crippen MR) is 88.3 cm³/mol. The first-order valence-electron chi connectivity index (χ1n) is 5.81. The number of halogens is 3. The van der Waals surface area contributed by atoms with E-state index < -0.39 is 0 Å². The summed E-state index contributed by atoms with van der Waals surface area (Å²) in [5.74, 6) is -0.275. The zero-order chi connectivity index (χ0) is 14.1. The first-order chi connectivity index (χ1) is 9.65. The van der Waals surface area contributed by atoms with Crippen LogP contribution in [0, 0.1) is 5.82 Å². The smallest absolute Gasteiger partial charge is 0.133 e. The van der Waals surface area contributed by atoms with Gasteiger partial charge in [0.25, 0.3) is 0 Å². The second-order valence-electron chi connectivity index (χ2n) is 4.14. The van der Waals surface area contributed by atoms with Crippen molar-refractivity contribution in [1.29, 1.82) is 0 Å². The van der Waals surface area contributed by atoms with Crippen molar-refractivity contribution >= 4 is 43.2 Å². The van der Waals surface area contributed by atoms with Crippen LogP contribution in [0.4, 0.5) is 4.39 Å². The molecule has 0 aliphatic rings. The molecule has 0 saturated heterocycles. The Kier molecular flexibility index (Phi) is 4.01. The maximum atomic E-state index is 14.0. The average molecular weight is 413 g/mol. The van der Waals surface area contributed by atoms with Gasteiger partial charge in [0.1, 0.15) is 10.8 Å². The highest BCUT2D eigenvalue weighted by Gasteiger charge is 2.12. The van der Waals surface area contributed by atoms with Crippen molar-refractivity contribution in [1.82, 2.24) is 4.98 Å². The molecule has 0 amide bonds. The van der Waals surface area contributed by atoms with Gasteiger partial charge in [0.05, 0.1) is 5.69 Å². The summed E-state index contributed by atoms with van der Waals surface area (Å²) in [5.41, 5.74) is 2.19. The van der Waals surface area contributed by atoms with Gasteiger partial charge in [0.15, 0.2) is 0 Å². The van der Waals surface area contributed by atoms with Crippen LogP contribution in [0.3, 0.4) is 0 Å². The average Bonchev–Trinajstić information content (AvgIpc) is 2.88. The Morgan fingerprint density at radius 3 is 2.55 bits per heavy atom. The van der Waals surface area contributed by atoms with Crippen molar-refractivity contribution in [2.45, 2.75) is 0 Å². The fourth-order valence-corrected chi connectivity index (χ4v) is 3.65. The molecule has 3 aromatic rings. The van der Waals surface area contributed by atoms with Crippen molar-refractivity contribution in [3.8, 4) is 21.8 Å². The highest BCUT2D eigenvalue weighted by atomic mass is 79.9. The second kappa shape index (κ2) is 5.76. The molecule has 1 nitrogen and oxygen atoms in total. The summed E-state index contributed by atoms with van der Waals surface area (Å²) in [6.07, 6.45) is 0. The van der Waals surface area contributed by atoms with Gasteiger partial charge in [-0.2, -0.15) is 0 Å². The zero-order valence-electron chi connectivity index (χ0n) is 10.1. The summed E-state index contributed by atoms with van der Waals surface area (Å²) >= 11 is 8.27. The highest BCUT2D eigenvalue weighted by molar-refractivity contribution is 9.10. The van der Waals surface area contributed by atoms with Gasteiger partial charge in [-0.05, 0) is 24.3 Å². The Hall–Kier alpha value is -1.04. The van der Waals surface area contributed by atoms with Crippen LogP contribution in [0.5, 0.6) is 0 Å². The molecule has 1 aromatic heterocycles. The molecule has 20 heavy (non-hydrogen) atoms. The zero-order valence-corrected chi connectivity index (χ0v) is 14.1. The molecule has 0 aliphatic heterocycles. The molecule has 0 radical (unpaired) electrons. The van der Waals surface area contributed by atoms with Crippen molar-refractivity contribution in [3.63, 3.8) is 0 Å². The monoisotopic (exact) mass is 411 g/mol. The number of hydrogen-bond donors (Lipinski definition) is 0. The van der Waals surface area contributed by atoms with Gasteiger partial charge in [-0.15, -0.1) is 11.3 Å². The first-order valence-corrected chi connectivity index (χ1v) is 8.27. The molecule has 0 aliphatic carbocycles. The van der Waals surface area contributed by atoms with Gasteiger partial charge in [0, 0.05) is 25.5 Å². The van der Waals surface area contributed by atoms with Crippen molar-refractivity contribution in [3.05, 3.63) is 62.6 Å². The number of hydrogen-bond acceptors (Lipinski definition) is 2. The topological polar surface area (TPSA) is 12.9 Å². The molecule has 0 atom stereocenters. The molecule has 0 spiro atoms. The van der Waals surface area contributed by atoms with Crippen LogP contribution in [0.15, 0.2) is 56.8 Å². The number of nitrogens with zero attached hydrogens (tertiary/aromatic N) is 1. The van der Waals surface area contributed by atoms with Gasteiger partial charge < -0.3 is 0 Å². The Morgan fingerprint density at radius 1 is 1.00 bits per heavy atom. The van der Waals surface area contributed by atoms with Gasteiger partial charge in [0.2, 0.25) is 0 Å². The number of thiazole rings is 1. The summed E-state index contributed by atoms with van der Waals surface area (Å²) < 4.78 is 15.7. The fraction of sp³-hybridized carbons (Fsp3) is 0. The third-order valence-corrected chi connectivity index (χ3v) is 4.88. The standard InChI is InChI=1S/C15H8Br2FNS/c16-9-5-6-11(13(18)7-9)14-8-20-15(19-14)10-3-1-2-4-12(10)17/h1-8H. The first kappa shape index (κ1) is 13.9. The van der Waals surface area contributed by atoms with E-state index >= 15 is 0 Å². The largest absolute Gasteiger partial charge is 0.236 e. The number of benzene rings is 2. The minimum absolute atomic E-state index is 0.275. The van der Waals surface area contributed by atoms with E-state index in [2.05, 4.69) is 36.8 Å². The lowest BCUT2D eigenvalue weighted by Crippen LogP contribution is -1.85. The lowest BCUT2D eigenvalue weighted by molar-refractivity contribution is 0.630. The molecule has 5 heteroatoms. The van der Waals surface area contributed by atoms with Crippen LogP contribution in [-0.4, -0.2) is 4.98 Å². The van der Waals surface area contributed by atoms with E-state index in [0.717, 1.165) is 19.5 Å². The summed E-state index contributed by atoms with van der Waals surface area (Å²) in [5, 5.41) is 2.75. The van der Waals surface area contributed by atoms with E-state index in [0.29, 0.717) is 11.3 Å². The fourth-order valence-electron chi connectivity index (χ4n) is 1.85. The Labute approximate surface area is 136 Å². The normalized spacial score (nSPS) is 10.8. The highest BCUT2D eigenvalue weighted by Crippen LogP contribution is 2.34. The summed E-state index contributed by atoms with van der Waals surface area (Å²) in [4.78, 5) is 4.54. The van der Waals surface area contributed by atoms with Crippen LogP contribution in [0.2, 0.25) is 0 Å². The quantitative estimate of drug-likeness (QED) is 0.492. The molecule has 0 fully saturated rings. The molecular formula is C15H8Br2FNS. The van der Waals surface area contributed by atoms with Gasteiger partial charge in [-0.3, -0.25) is 0 Å². The van der Waals surface area contributed by atoms with E-state index in [1.54, 1.807) is 6.07 Å². The third-order valence-electron chi connectivity index (χ3n) is 2.82. The maximum absolute atomic E-state index is 14.0. The molecule has 1 heterocycles. The van der Waals surface area contributed by atoms with Gasteiger partial charge in [-0.1, -0.05) is 50.1 Å². The number of aromatic nitrogens is 1. The lowest BCUT2D eigenvalue weighted by atomic mass is 10.1. The van der Waals surface area contributed by atoms with E-state index in [-0.39, 0.29) is 5.82 Å². The van der Waals surface area contributed by atoms with E-state index in [1.165, 1.54) is 17.4 Å². The molecule has 0 saturated carbocycles. The van der Waals surface area contributed by atoms with Crippen molar-refractivity contribution < 1.29 is 4.39 Å². The molecule has 2 aromatic carbocycles. The molecule has 3 rings (SSSR count). The molecular weight excluding hydrogens is 405 g/mol. The van der Waals surface area contributed by atoms with Crippen LogP contribution in [-0.2, 0) is 0 Å². The van der Waals surface area contributed by atoms with Gasteiger partial charge >= 0.3 is 0 Å².